The number of benzene rings is 1. The number of likely N-dealkylation sites (tertiary alicyclic amines) is 1. The van der Waals surface area contributed by atoms with Gasteiger partial charge in [0.15, 0.2) is 0 Å². The summed E-state index contributed by atoms with van der Waals surface area (Å²) in [6, 6.07) is 9.45. The minimum Gasteiger partial charge on any atom is -0.353 e. The zero-order valence-electron chi connectivity index (χ0n) is 15.1. The van der Waals surface area contributed by atoms with Crippen molar-refractivity contribution in [2.75, 3.05) is 19.6 Å². The zero-order chi connectivity index (χ0) is 16.9. The van der Waals surface area contributed by atoms with Crippen molar-refractivity contribution in [2.45, 2.75) is 58.2 Å². The monoisotopic (exact) mass is 329 g/mol. The van der Waals surface area contributed by atoms with Crippen LogP contribution in [0.3, 0.4) is 0 Å². The summed E-state index contributed by atoms with van der Waals surface area (Å²) >= 11 is 0. The molecule has 4 nitrogen and oxygen atoms in total. The first-order valence-electron chi connectivity index (χ1n) is 9.42. The highest BCUT2D eigenvalue weighted by Gasteiger charge is 2.27. The number of nitrogens with zero attached hydrogens (tertiary/aromatic N) is 1. The molecule has 4 heteroatoms. The first kappa shape index (κ1) is 17.4. The maximum Gasteiger partial charge on any atom is 0.223 e. The summed E-state index contributed by atoms with van der Waals surface area (Å²) in [6.45, 7) is 8.49. The van der Waals surface area contributed by atoms with Crippen molar-refractivity contribution in [3.63, 3.8) is 0 Å². The quantitative estimate of drug-likeness (QED) is 0.892. The molecule has 2 N–H and O–H groups in total. The third-order valence-corrected chi connectivity index (χ3v) is 5.58. The van der Waals surface area contributed by atoms with Gasteiger partial charge in [-0.2, -0.15) is 0 Å². The lowest BCUT2D eigenvalue weighted by Crippen LogP contribution is -2.48. The van der Waals surface area contributed by atoms with Crippen LogP contribution in [0, 0.1) is 12.8 Å². The Balaban J connectivity index is 1.43. The fourth-order valence-corrected chi connectivity index (χ4v) is 3.95. The molecule has 1 amide bonds. The maximum absolute atomic E-state index is 12.5. The molecule has 0 aliphatic carbocycles. The molecule has 0 aromatic heterocycles. The van der Waals surface area contributed by atoms with E-state index in [0.29, 0.717) is 12.1 Å². The Labute approximate surface area is 146 Å². The Hall–Kier alpha value is -1.39. The van der Waals surface area contributed by atoms with Crippen LogP contribution >= 0.6 is 0 Å². The molecular weight excluding hydrogens is 298 g/mol. The van der Waals surface area contributed by atoms with Crippen LogP contribution in [0.25, 0.3) is 0 Å². The van der Waals surface area contributed by atoms with Gasteiger partial charge < -0.3 is 10.6 Å². The third kappa shape index (κ3) is 4.58. The molecule has 2 atom stereocenters. The largest absolute Gasteiger partial charge is 0.353 e. The molecular formula is C20H31N3O. The number of piperidine rings is 2. The van der Waals surface area contributed by atoms with E-state index in [-0.39, 0.29) is 11.8 Å². The van der Waals surface area contributed by atoms with Crippen molar-refractivity contribution in [1.82, 2.24) is 15.5 Å². The summed E-state index contributed by atoms with van der Waals surface area (Å²) in [6.07, 6.45) is 4.08. The molecule has 0 saturated carbocycles. The highest BCUT2D eigenvalue weighted by molar-refractivity contribution is 5.79. The molecule has 2 aliphatic rings. The normalized spacial score (nSPS) is 26.2. The van der Waals surface area contributed by atoms with Gasteiger partial charge in [-0.05, 0) is 57.2 Å². The summed E-state index contributed by atoms with van der Waals surface area (Å²) in [5.74, 6) is 0.479. The van der Waals surface area contributed by atoms with Gasteiger partial charge >= 0.3 is 0 Å². The van der Waals surface area contributed by atoms with Gasteiger partial charge in [-0.15, -0.1) is 0 Å². The molecule has 2 saturated heterocycles. The minimum absolute atomic E-state index is 0.200. The number of hydrogen-bond donors (Lipinski definition) is 2. The maximum atomic E-state index is 12.5. The lowest BCUT2D eigenvalue weighted by molar-refractivity contribution is -0.127. The SMILES string of the molecule is Cc1ccccc1CN1CCC(NC(=O)[C@H]2CCN[C@@H](C)C2)CC1. The van der Waals surface area contributed by atoms with Crippen LogP contribution in [0.4, 0.5) is 0 Å². The number of nitrogens with one attached hydrogen (secondary N) is 2. The van der Waals surface area contributed by atoms with Gasteiger partial charge in [0.2, 0.25) is 5.91 Å². The topological polar surface area (TPSA) is 44.4 Å². The van der Waals surface area contributed by atoms with Crippen LogP contribution < -0.4 is 10.6 Å². The smallest absolute Gasteiger partial charge is 0.223 e. The predicted octanol–water partition coefficient (Wildman–Crippen LogP) is 2.46. The predicted molar refractivity (Wildman–Crippen MR) is 97.8 cm³/mol. The summed E-state index contributed by atoms with van der Waals surface area (Å²) in [4.78, 5) is 15.0. The molecule has 3 rings (SSSR count). The lowest BCUT2D eigenvalue weighted by Gasteiger charge is -2.34. The number of carbonyl (C=O) groups excluding carboxylic acids is 1. The fourth-order valence-electron chi connectivity index (χ4n) is 3.95. The van der Waals surface area contributed by atoms with Crippen LogP contribution in [-0.2, 0) is 11.3 Å². The number of hydrogen-bond acceptors (Lipinski definition) is 3. The standard InChI is InChI=1S/C20H31N3O/c1-15-5-3-4-6-18(15)14-23-11-8-19(9-12-23)22-20(24)17-7-10-21-16(2)13-17/h3-6,16-17,19,21H,7-14H2,1-2H3,(H,22,24)/t16-,17-/m0/s1. The van der Waals surface area contributed by atoms with Crippen LogP contribution in [0.5, 0.6) is 0 Å². The molecule has 2 fully saturated rings. The Bertz CT molecular complexity index is 552. The Morgan fingerprint density at radius 1 is 1.25 bits per heavy atom. The van der Waals surface area contributed by atoms with Crippen LogP contribution in [0.1, 0.15) is 43.7 Å². The summed E-state index contributed by atoms with van der Waals surface area (Å²) in [5.41, 5.74) is 2.79. The van der Waals surface area contributed by atoms with Gasteiger partial charge in [0.1, 0.15) is 0 Å². The van der Waals surface area contributed by atoms with Crippen molar-refractivity contribution < 1.29 is 4.79 Å². The second-order valence-electron chi connectivity index (χ2n) is 7.56. The van der Waals surface area contributed by atoms with E-state index < -0.39 is 0 Å². The van der Waals surface area contributed by atoms with Gasteiger partial charge in [-0.1, -0.05) is 24.3 Å². The van der Waals surface area contributed by atoms with Gasteiger partial charge in [-0.25, -0.2) is 0 Å². The molecule has 1 aromatic carbocycles. The van der Waals surface area contributed by atoms with Crippen molar-refractivity contribution in [2.24, 2.45) is 5.92 Å². The number of amides is 1. The molecule has 0 bridgehead atoms. The highest BCUT2D eigenvalue weighted by Crippen LogP contribution is 2.19. The summed E-state index contributed by atoms with van der Waals surface area (Å²) < 4.78 is 0. The van der Waals surface area contributed by atoms with E-state index in [4.69, 9.17) is 0 Å². The van der Waals surface area contributed by atoms with Crippen LogP contribution in [0.15, 0.2) is 24.3 Å². The zero-order valence-corrected chi connectivity index (χ0v) is 15.1. The van der Waals surface area contributed by atoms with Crippen molar-refractivity contribution in [3.8, 4) is 0 Å². The number of aryl methyl sites for hydroxylation is 1. The van der Waals surface area contributed by atoms with E-state index in [2.05, 4.69) is 53.6 Å². The lowest BCUT2D eigenvalue weighted by atomic mass is 9.91. The molecule has 24 heavy (non-hydrogen) atoms. The Morgan fingerprint density at radius 2 is 2.00 bits per heavy atom. The van der Waals surface area contributed by atoms with Gasteiger partial charge in [0, 0.05) is 37.6 Å². The molecule has 0 spiro atoms. The average molecular weight is 329 g/mol. The Morgan fingerprint density at radius 3 is 2.71 bits per heavy atom. The van der Waals surface area contributed by atoms with E-state index in [0.717, 1.165) is 51.9 Å². The Kier molecular flexibility index (Phi) is 5.90. The average Bonchev–Trinajstić information content (AvgIpc) is 2.58. The molecule has 132 valence electrons. The van der Waals surface area contributed by atoms with Gasteiger partial charge in [-0.3, -0.25) is 9.69 Å². The van der Waals surface area contributed by atoms with Gasteiger partial charge in [0.25, 0.3) is 0 Å². The molecule has 1 aromatic rings. The fraction of sp³-hybridized carbons (Fsp3) is 0.650. The number of carbonyl (C=O) groups is 1. The van der Waals surface area contributed by atoms with Gasteiger partial charge in [0.05, 0.1) is 0 Å². The summed E-state index contributed by atoms with van der Waals surface area (Å²) in [5, 5.41) is 6.73. The van der Waals surface area contributed by atoms with Crippen LogP contribution in [-0.4, -0.2) is 42.5 Å². The first-order valence-corrected chi connectivity index (χ1v) is 9.42. The molecule has 2 aliphatic heterocycles. The molecule has 2 heterocycles. The van der Waals surface area contributed by atoms with E-state index in [1.54, 1.807) is 0 Å². The molecule has 0 radical (unpaired) electrons. The third-order valence-electron chi connectivity index (χ3n) is 5.58. The van der Waals surface area contributed by atoms with Crippen molar-refractivity contribution in [1.29, 1.82) is 0 Å². The van der Waals surface area contributed by atoms with E-state index in [9.17, 15) is 4.79 Å². The second-order valence-corrected chi connectivity index (χ2v) is 7.56. The number of rotatable bonds is 4. The second kappa shape index (κ2) is 8.13. The first-order chi connectivity index (χ1) is 11.6. The minimum atomic E-state index is 0.200. The van der Waals surface area contributed by atoms with E-state index in [1.807, 2.05) is 0 Å². The van der Waals surface area contributed by atoms with Crippen molar-refractivity contribution in [3.05, 3.63) is 35.4 Å². The van der Waals surface area contributed by atoms with Crippen LogP contribution in [0.2, 0.25) is 0 Å². The van der Waals surface area contributed by atoms with E-state index in [1.165, 1.54) is 11.1 Å². The van der Waals surface area contributed by atoms with E-state index >= 15 is 0 Å². The van der Waals surface area contributed by atoms with Crippen molar-refractivity contribution >= 4 is 5.91 Å². The summed E-state index contributed by atoms with van der Waals surface area (Å²) in [7, 11) is 0. The molecule has 0 unspecified atom stereocenters. The highest BCUT2D eigenvalue weighted by atomic mass is 16.1.